The number of likely N-dealkylation sites (N-methyl/N-ethyl adjacent to an activating group) is 1. The van der Waals surface area contributed by atoms with E-state index in [1.807, 2.05) is 38.2 Å². The Labute approximate surface area is 146 Å². The molecular weight excluding hydrogens is 323 g/mol. The first-order chi connectivity index (χ1) is 12.0. The Balaban J connectivity index is 1.57. The molecule has 2 N–H and O–H groups in total. The van der Waals surface area contributed by atoms with Gasteiger partial charge in [0.1, 0.15) is 19.0 Å². The number of carbonyl (C=O) groups is 1. The highest BCUT2D eigenvalue weighted by Gasteiger charge is 2.29. The molecule has 1 unspecified atom stereocenters. The van der Waals surface area contributed by atoms with Crippen molar-refractivity contribution in [1.82, 2.24) is 0 Å². The van der Waals surface area contributed by atoms with Crippen molar-refractivity contribution >= 4 is 11.6 Å². The number of quaternary nitrogens is 1. The lowest BCUT2D eigenvalue weighted by molar-refractivity contribution is -0.896. The van der Waals surface area contributed by atoms with Crippen molar-refractivity contribution < 1.29 is 23.6 Å². The van der Waals surface area contributed by atoms with Gasteiger partial charge in [0.25, 0.3) is 5.91 Å². The zero-order chi connectivity index (χ0) is 17.8. The van der Waals surface area contributed by atoms with Crippen molar-refractivity contribution in [3.63, 3.8) is 0 Å². The van der Waals surface area contributed by atoms with Crippen LogP contribution in [0.5, 0.6) is 11.5 Å². The Morgan fingerprint density at radius 1 is 1.24 bits per heavy atom. The number of carbonyl (C=O) groups excluding carboxylic acids is 1. The molecule has 0 aliphatic carbocycles. The van der Waals surface area contributed by atoms with Gasteiger partial charge < -0.3 is 19.7 Å². The van der Waals surface area contributed by atoms with E-state index in [0.717, 1.165) is 16.4 Å². The van der Waals surface area contributed by atoms with E-state index in [2.05, 4.69) is 5.32 Å². The lowest BCUT2D eigenvalue weighted by Gasteiger charge is -2.29. The van der Waals surface area contributed by atoms with Gasteiger partial charge in [-0.05, 0) is 31.2 Å². The molecule has 132 valence electrons. The number of anilines is 1. The number of ether oxygens (including phenoxy) is 2. The Kier molecular flexibility index (Phi) is 5.19. The molecule has 0 saturated carbocycles. The Hall–Kier alpha value is -2.60. The van der Waals surface area contributed by atoms with E-state index < -0.39 is 5.82 Å². The molecule has 0 aromatic heterocycles. The summed E-state index contributed by atoms with van der Waals surface area (Å²) in [5, 5.41) is 2.64. The third-order valence-corrected chi connectivity index (χ3v) is 4.38. The predicted molar refractivity (Wildman–Crippen MR) is 92.6 cm³/mol. The number of nitrogens with one attached hydrogen (secondary N) is 2. The molecule has 2 aromatic carbocycles. The van der Waals surface area contributed by atoms with Crippen LogP contribution >= 0.6 is 0 Å². The summed E-state index contributed by atoms with van der Waals surface area (Å²) in [6, 6.07) is 13.3. The molecule has 0 spiro atoms. The molecule has 1 heterocycles. The molecule has 1 amide bonds. The van der Waals surface area contributed by atoms with Crippen LogP contribution in [0.15, 0.2) is 48.5 Å². The molecular formula is C19H22FN2O3+. The number of para-hydroxylation sites is 3. The summed E-state index contributed by atoms with van der Waals surface area (Å²) < 4.78 is 25.3. The van der Waals surface area contributed by atoms with E-state index in [1.165, 1.54) is 6.07 Å². The third kappa shape index (κ3) is 4.09. The second kappa shape index (κ2) is 7.53. The first-order valence-electron chi connectivity index (χ1n) is 8.31. The fourth-order valence-corrected chi connectivity index (χ4v) is 2.73. The molecule has 0 fully saturated rings. The van der Waals surface area contributed by atoms with Gasteiger partial charge in [0.2, 0.25) is 0 Å². The third-order valence-electron chi connectivity index (χ3n) is 4.38. The predicted octanol–water partition coefficient (Wildman–Crippen LogP) is 1.51. The van der Waals surface area contributed by atoms with Gasteiger partial charge in [0, 0.05) is 0 Å². The van der Waals surface area contributed by atoms with E-state index in [1.54, 1.807) is 18.2 Å². The minimum Gasteiger partial charge on any atom is -0.486 e. The van der Waals surface area contributed by atoms with Gasteiger partial charge >= 0.3 is 0 Å². The number of fused-ring (bicyclic) bond motifs is 1. The van der Waals surface area contributed by atoms with Crippen molar-refractivity contribution in [1.29, 1.82) is 0 Å². The van der Waals surface area contributed by atoms with Crippen LogP contribution in [0.2, 0.25) is 0 Å². The van der Waals surface area contributed by atoms with Crippen LogP contribution in [0, 0.1) is 5.82 Å². The van der Waals surface area contributed by atoms with Gasteiger partial charge in [-0.1, -0.05) is 24.3 Å². The summed E-state index contributed by atoms with van der Waals surface area (Å²) in [6.45, 7) is 2.85. The molecule has 3 rings (SSSR count). The number of hydrogen-bond acceptors (Lipinski definition) is 3. The van der Waals surface area contributed by atoms with Gasteiger partial charge in [0.15, 0.2) is 23.6 Å². The van der Waals surface area contributed by atoms with E-state index in [0.29, 0.717) is 13.2 Å². The van der Waals surface area contributed by atoms with E-state index >= 15 is 0 Å². The maximum Gasteiger partial charge on any atom is 0.282 e. The number of halogens is 1. The Bertz CT molecular complexity index is 753. The standard InChI is InChI=1S/C19H21FN2O3/c1-13(19(23)21-16-8-4-3-7-15(16)20)22(2)11-14-12-24-17-9-5-6-10-18(17)25-14/h3-10,13-14H,11-12H2,1-2H3,(H,21,23)/p+1/t13-,14+/m0/s1. The molecule has 1 aliphatic heterocycles. The maximum atomic E-state index is 13.7. The first kappa shape index (κ1) is 17.2. The summed E-state index contributed by atoms with van der Waals surface area (Å²) in [7, 11) is 1.91. The largest absolute Gasteiger partial charge is 0.486 e. The second-order valence-electron chi connectivity index (χ2n) is 6.24. The molecule has 25 heavy (non-hydrogen) atoms. The minimum absolute atomic E-state index is 0.140. The van der Waals surface area contributed by atoms with Crippen molar-refractivity contribution in [3.05, 3.63) is 54.3 Å². The topological polar surface area (TPSA) is 52.0 Å². The van der Waals surface area contributed by atoms with Gasteiger partial charge in [0.05, 0.1) is 12.7 Å². The van der Waals surface area contributed by atoms with Crippen LogP contribution in [0.25, 0.3) is 0 Å². The molecule has 5 nitrogen and oxygen atoms in total. The highest BCUT2D eigenvalue weighted by molar-refractivity contribution is 5.93. The van der Waals surface area contributed by atoms with Crippen LogP contribution in [-0.4, -0.2) is 38.3 Å². The summed E-state index contributed by atoms with van der Waals surface area (Å²) in [6.07, 6.45) is -0.140. The average Bonchev–Trinajstić information content (AvgIpc) is 2.62. The van der Waals surface area contributed by atoms with Crippen LogP contribution in [0.1, 0.15) is 6.92 Å². The Morgan fingerprint density at radius 3 is 2.68 bits per heavy atom. The smallest absolute Gasteiger partial charge is 0.282 e. The van der Waals surface area contributed by atoms with Gasteiger partial charge in [-0.2, -0.15) is 0 Å². The van der Waals surface area contributed by atoms with E-state index in [4.69, 9.17) is 9.47 Å². The number of rotatable bonds is 5. The number of amides is 1. The molecule has 1 aliphatic rings. The maximum absolute atomic E-state index is 13.7. The van der Waals surface area contributed by atoms with Crippen molar-refractivity contribution in [2.45, 2.75) is 19.1 Å². The minimum atomic E-state index is -0.443. The quantitative estimate of drug-likeness (QED) is 0.864. The van der Waals surface area contributed by atoms with Gasteiger partial charge in [-0.3, -0.25) is 4.79 Å². The van der Waals surface area contributed by atoms with Crippen molar-refractivity contribution in [2.24, 2.45) is 0 Å². The summed E-state index contributed by atoms with van der Waals surface area (Å²) >= 11 is 0. The number of benzene rings is 2. The monoisotopic (exact) mass is 345 g/mol. The molecule has 6 heteroatoms. The second-order valence-corrected chi connectivity index (χ2v) is 6.24. The fourth-order valence-electron chi connectivity index (χ4n) is 2.73. The average molecular weight is 345 g/mol. The zero-order valence-corrected chi connectivity index (χ0v) is 14.3. The van der Waals surface area contributed by atoms with E-state index in [9.17, 15) is 9.18 Å². The van der Waals surface area contributed by atoms with Crippen molar-refractivity contribution in [3.8, 4) is 11.5 Å². The zero-order valence-electron chi connectivity index (χ0n) is 14.3. The molecule has 0 radical (unpaired) electrons. The van der Waals surface area contributed by atoms with Crippen LogP contribution in [-0.2, 0) is 4.79 Å². The highest BCUT2D eigenvalue weighted by atomic mass is 19.1. The van der Waals surface area contributed by atoms with Crippen LogP contribution in [0.4, 0.5) is 10.1 Å². The normalized spacial score (nSPS) is 18.3. The number of hydrogen-bond donors (Lipinski definition) is 2. The van der Waals surface area contributed by atoms with Gasteiger partial charge in [-0.25, -0.2) is 4.39 Å². The molecule has 0 saturated heterocycles. The molecule has 0 bridgehead atoms. The first-order valence-corrected chi connectivity index (χ1v) is 8.31. The summed E-state index contributed by atoms with van der Waals surface area (Å²) in [4.78, 5) is 13.3. The van der Waals surface area contributed by atoms with Crippen molar-refractivity contribution in [2.75, 3.05) is 25.5 Å². The SMILES string of the molecule is C[C@@H](C(=O)Nc1ccccc1F)[NH+](C)C[C@@H]1COc2ccccc2O1. The van der Waals surface area contributed by atoms with Crippen LogP contribution < -0.4 is 19.7 Å². The highest BCUT2D eigenvalue weighted by Crippen LogP contribution is 2.30. The lowest BCUT2D eigenvalue weighted by atomic mass is 10.2. The Morgan fingerprint density at radius 2 is 1.92 bits per heavy atom. The van der Waals surface area contributed by atoms with E-state index in [-0.39, 0.29) is 23.7 Å². The fraction of sp³-hybridized carbons (Fsp3) is 0.316. The molecule has 3 atom stereocenters. The molecule has 2 aromatic rings. The van der Waals surface area contributed by atoms with Crippen LogP contribution in [0.3, 0.4) is 0 Å². The lowest BCUT2D eigenvalue weighted by Crippen LogP contribution is -3.15. The summed E-state index contributed by atoms with van der Waals surface area (Å²) in [5.74, 6) is 0.776. The summed E-state index contributed by atoms with van der Waals surface area (Å²) in [5.41, 5.74) is 0.193. The van der Waals surface area contributed by atoms with Gasteiger partial charge in [-0.15, -0.1) is 0 Å².